The molecule has 1 aromatic carbocycles. The van der Waals surface area contributed by atoms with E-state index in [-0.39, 0.29) is 0 Å². The summed E-state index contributed by atoms with van der Waals surface area (Å²) in [6.07, 6.45) is 0. The van der Waals surface area contributed by atoms with E-state index in [0.717, 1.165) is 18.2 Å². The van der Waals surface area contributed by atoms with Crippen molar-refractivity contribution in [2.75, 3.05) is 5.32 Å². The highest BCUT2D eigenvalue weighted by molar-refractivity contribution is 5.77. The zero-order chi connectivity index (χ0) is 16.0. The molecule has 0 bridgehead atoms. The molecule has 1 aromatic rings. The Balaban J connectivity index is 3.57. The molecule has 0 spiro atoms. The van der Waals surface area contributed by atoms with Gasteiger partial charge in [0.25, 0.3) is 11.4 Å². The van der Waals surface area contributed by atoms with E-state index in [1.807, 2.05) is 0 Å². The first kappa shape index (κ1) is 15.1. The smallest absolute Gasteiger partial charge is 0.299 e. The molecule has 0 aliphatic heterocycles. The first-order valence-corrected chi connectivity index (χ1v) is 5.09. The summed E-state index contributed by atoms with van der Waals surface area (Å²) in [5, 5.41) is 50.1. The van der Waals surface area contributed by atoms with E-state index >= 15 is 0 Å². The maximum atomic E-state index is 10.9. The fraction of sp³-hybridized carbons (Fsp3) is 0. The highest BCUT2D eigenvalue weighted by Crippen LogP contribution is 2.34. The molecular weight excluding hydrogens is 280 g/mol. The quantitative estimate of drug-likeness (QED) is 0.494. The molecule has 21 heavy (non-hydrogen) atoms. The van der Waals surface area contributed by atoms with Crippen LogP contribution in [-0.4, -0.2) is 9.85 Å². The van der Waals surface area contributed by atoms with Crippen LogP contribution in [0.1, 0.15) is 0 Å². The lowest BCUT2D eigenvalue weighted by Crippen LogP contribution is -2.06. The second-order valence-electron chi connectivity index (χ2n) is 3.40. The monoisotopic (exact) mass is 284 g/mol. The molecule has 0 saturated carbocycles. The third kappa shape index (κ3) is 3.08. The number of hydrogen-bond acceptors (Lipinski definition) is 8. The van der Waals surface area contributed by atoms with Crippen molar-refractivity contribution in [3.63, 3.8) is 0 Å². The van der Waals surface area contributed by atoms with Crippen LogP contribution in [0.5, 0.6) is 0 Å². The SMILES string of the molecule is N#CC(C#N)=C(C#N)Nc1c([N+](=O)[O-])cccc1[N+](=O)[O-]. The van der Waals surface area contributed by atoms with Crippen molar-refractivity contribution in [3.8, 4) is 18.2 Å². The van der Waals surface area contributed by atoms with E-state index in [1.165, 1.54) is 18.2 Å². The Morgan fingerprint density at radius 2 is 1.48 bits per heavy atom. The summed E-state index contributed by atoms with van der Waals surface area (Å²) in [6.45, 7) is 0. The molecule has 0 atom stereocenters. The minimum atomic E-state index is -0.886. The second kappa shape index (κ2) is 6.27. The summed E-state index contributed by atoms with van der Waals surface area (Å²) in [4.78, 5) is 20.0. The zero-order valence-corrected chi connectivity index (χ0v) is 10.1. The maximum absolute atomic E-state index is 10.9. The molecule has 1 rings (SSSR count). The Labute approximate surface area is 117 Å². The lowest BCUT2D eigenvalue weighted by molar-refractivity contribution is -0.392. The van der Waals surface area contributed by atoms with Crippen LogP contribution < -0.4 is 5.32 Å². The first-order chi connectivity index (χ1) is 9.96. The van der Waals surface area contributed by atoms with Gasteiger partial charge >= 0.3 is 0 Å². The van der Waals surface area contributed by atoms with Crippen LogP contribution in [0.15, 0.2) is 29.5 Å². The van der Waals surface area contributed by atoms with E-state index in [9.17, 15) is 20.2 Å². The van der Waals surface area contributed by atoms with Crippen LogP contribution >= 0.6 is 0 Å². The van der Waals surface area contributed by atoms with Crippen molar-refractivity contribution >= 4 is 17.1 Å². The normalized spacial score (nSPS) is 8.62. The standard InChI is InChI=1S/C11H4N6O4/c12-4-7(5-13)8(6-14)15-11-9(16(18)19)2-1-3-10(11)17(20)21/h1-3,15H. The van der Waals surface area contributed by atoms with Gasteiger partial charge in [-0.25, -0.2) is 0 Å². The summed E-state index contributed by atoms with van der Waals surface area (Å²) in [5.74, 6) is 0. The topological polar surface area (TPSA) is 170 Å². The molecule has 0 aliphatic rings. The summed E-state index contributed by atoms with van der Waals surface area (Å²) in [6, 6.07) is 7.37. The molecule has 0 fully saturated rings. The van der Waals surface area contributed by atoms with Crippen LogP contribution in [0.2, 0.25) is 0 Å². The lowest BCUT2D eigenvalue weighted by atomic mass is 10.2. The van der Waals surface area contributed by atoms with Gasteiger partial charge in [0.05, 0.1) is 9.85 Å². The zero-order valence-electron chi connectivity index (χ0n) is 10.1. The van der Waals surface area contributed by atoms with Gasteiger partial charge in [-0.05, 0) is 6.07 Å². The highest BCUT2D eigenvalue weighted by Gasteiger charge is 2.26. The van der Waals surface area contributed by atoms with Gasteiger partial charge in [0.15, 0.2) is 11.3 Å². The fourth-order valence-electron chi connectivity index (χ4n) is 1.37. The third-order valence-corrected chi connectivity index (χ3v) is 2.25. The molecular formula is C11H4N6O4. The molecule has 0 unspecified atom stereocenters. The van der Waals surface area contributed by atoms with Gasteiger partial charge in [0, 0.05) is 12.1 Å². The largest absolute Gasteiger partial charge is 0.334 e. The minimum absolute atomic E-state index is 0.577. The number of nitro groups is 2. The van der Waals surface area contributed by atoms with Gasteiger partial charge in [-0.2, -0.15) is 15.8 Å². The number of nitriles is 3. The number of allylic oxidation sites excluding steroid dienone is 2. The number of benzene rings is 1. The van der Waals surface area contributed by atoms with Gasteiger partial charge in [-0.3, -0.25) is 20.2 Å². The van der Waals surface area contributed by atoms with Crippen LogP contribution in [0.3, 0.4) is 0 Å². The first-order valence-electron chi connectivity index (χ1n) is 5.09. The Morgan fingerprint density at radius 3 is 1.81 bits per heavy atom. The van der Waals surface area contributed by atoms with E-state index < -0.39 is 38.2 Å². The predicted molar refractivity (Wildman–Crippen MR) is 67.2 cm³/mol. The predicted octanol–water partition coefficient (Wildman–Crippen LogP) is 1.74. The van der Waals surface area contributed by atoms with E-state index in [4.69, 9.17) is 15.8 Å². The van der Waals surface area contributed by atoms with Crippen molar-refractivity contribution < 1.29 is 9.85 Å². The molecule has 102 valence electrons. The van der Waals surface area contributed by atoms with Crippen LogP contribution in [0, 0.1) is 54.2 Å². The van der Waals surface area contributed by atoms with E-state index in [0.29, 0.717) is 0 Å². The Kier molecular flexibility index (Phi) is 4.51. The van der Waals surface area contributed by atoms with Crippen LogP contribution in [0.25, 0.3) is 0 Å². The number of anilines is 1. The van der Waals surface area contributed by atoms with Crippen molar-refractivity contribution in [2.24, 2.45) is 0 Å². The summed E-state index contributed by atoms with van der Waals surface area (Å²) < 4.78 is 0. The molecule has 0 radical (unpaired) electrons. The summed E-state index contributed by atoms with van der Waals surface area (Å²) in [5.41, 5.74) is -3.16. The van der Waals surface area contributed by atoms with Crippen molar-refractivity contribution in [3.05, 3.63) is 49.7 Å². The third-order valence-electron chi connectivity index (χ3n) is 2.25. The molecule has 0 saturated heterocycles. The molecule has 0 heterocycles. The van der Waals surface area contributed by atoms with Gasteiger partial charge < -0.3 is 5.32 Å². The maximum Gasteiger partial charge on any atom is 0.299 e. The second-order valence-corrected chi connectivity index (χ2v) is 3.40. The number of rotatable bonds is 4. The van der Waals surface area contributed by atoms with E-state index in [2.05, 4.69) is 5.32 Å². The number of nitrogens with zero attached hydrogens (tertiary/aromatic N) is 5. The molecule has 1 N–H and O–H groups in total. The lowest BCUT2D eigenvalue weighted by Gasteiger charge is -2.06. The fourth-order valence-corrected chi connectivity index (χ4v) is 1.37. The highest BCUT2D eigenvalue weighted by atomic mass is 16.6. The number of nitrogens with one attached hydrogen (secondary N) is 1. The average molecular weight is 284 g/mol. The van der Waals surface area contributed by atoms with Gasteiger partial charge in [0.2, 0.25) is 0 Å². The van der Waals surface area contributed by atoms with Gasteiger partial charge in [-0.15, -0.1) is 0 Å². The Morgan fingerprint density at radius 1 is 1.00 bits per heavy atom. The van der Waals surface area contributed by atoms with Gasteiger partial charge in [0.1, 0.15) is 23.9 Å². The number of para-hydroxylation sites is 1. The van der Waals surface area contributed by atoms with Crippen molar-refractivity contribution in [1.29, 1.82) is 15.8 Å². The summed E-state index contributed by atoms with van der Waals surface area (Å²) in [7, 11) is 0. The van der Waals surface area contributed by atoms with Gasteiger partial charge in [-0.1, -0.05) is 0 Å². The molecule has 0 amide bonds. The average Bonchev–Trinajstić information content (AvgIpc) is 2.46. The van der Waals surface area contributed by atoms with Crippen molar-refractivity contribution in [1.82, 2.24) is 0 Å². The molecule has 10 heteroatoms. The molecule has 0 aliphatic carbocycles. The van der Waals surface area contributed by atoms with E-state index in [1.54, 1.807) is 0 Å². The van der Waals surface area contributed by atoms with Crippen molar-refractivity contribution in [2.45, 2.75) is 0 Å². The molecule has 10 nitrogen and oxygen atoms in total. The summed E-state index contributed by atoms with van der Waals surface area (Å²) >= 11 is 0. The Hall–Kier alpha value is -3.97. The molecule has 0 aromatic heterocycles. The Bertz CT molecular complexity index is 729. The minimum Gasteiger partial charge on any atom is -0.334 e. The van der Waals surface area contributed by atoms with Crippen LogP contribution in [0.4, 0.5) is 17.1 Å². The number of nitro benzene ring substituents is 2. The number of hydrogen-bond donors (Lipinski definition) is 1. The van der Waals surface area contributed by atoms with Crippen LogP contribution in [-0.2, 0) is 0 Å².